The van der Waals surface area contributed by atoms with Gasteiger partial charge >= 0.3 is 0 Å². The van der Waals surface area contributed by atoms with E-state index in [4.69, 9.17) is 11.5 Å². The number of anilines is 1. The fourth-order valence-corrected chi connectivity index (χ4v) is 5.83. The SMILES string of the molecule is NC[C@]1(c2ccccc2F)[C@@H]2CCN(c3cnc4c(-c5ccc(C(N)=O)cc5F)[nH]nc4n3)C[C@@H]21. The predicted octanol–water partition coefficient (Wildman–Crippen LogP) is 2.75. The van der Waals surface area contributed by atoms with Gasteiger partial charge in [-0.15, -0.1) is 0 Å². The summed E-state index contributed by atoms with van der Waals surface area (Å²) in [4.78, 5) is 22.6. The molecule has 0 bridgehead atoms. The maximum atomic E-state index is 14.6. The van der Waals surface area contributed by atoms with Gasteiger partial charge in [0, 0.05) is 36.2 Å². The summed E-state index contributed by atoms with van der Waals surface area (Å²) in [5, 5.41) is 7.04. The van der Waals surface area contributed by atoms with Crippen LogP contribution in [0.2, 0.25) is 0 Å². The topological polar surface area (TPSA) is 127 Å². The van der Waals surface area contributed by atoms with E-state index in [2.05, 4.69) is 25.1 Å². The van der Waals surface area contributed by atoms with Crippen LogP contribution < -0.4 is 16.4 Å². The number of halogens is 2. The minimum Gasteiger partial charge on any atom is -0.366 e. The van der Waals surface area contributed by atoms with Crippen LogP contribution in [0.3, 0.4) is 0 Å². The largest absolute Gasteiger partial charge is 0.366 e. The van der Waals surface area contributed by atoms with Crippen molar-refractivity contribution in [2.45, 2.75) is 11.8 Å². The molecule has 1 aliphatic carbocycles. The first-order valence-electron chi connectivity index (χ1n) is 11.4. The molecule has 1 aliphatic heterocycles. The number of carbonyl (C=O) groups is 1. The number of hydrogen-bond acceptors (Lipinski definition) is 6. The zero-order chi connectivity index (χ0) is 24.3. The quantitative estimate of drug-likeness (QED) is 0.407. The fourth-order valence-electron chi connectivity index (χ4n) is 5.83. The third-order valence-corrected chi connectivity index (χ3v) is 7.64. The maximum Gasteiger partial charge on any atom is 0.248 e. The highest BCUT2D eigenvalue weighted by Crippen LogP contribution is 2.63. The Morgan fingerprint density at radius 1 is 1.17 bits per heavy atom. The summed E-state index contributed by atoms with van der Waals surface area (Å²) in [5.74, 6) is -0.309. The van der Waals surface area contributed by atoms with Crippen LogP contribution in [0.5, 0.6) is 0 Å². The van der Waals surface area contributed by atoms with E-state index < -0.39 is 11.7 Å². The van der Waals surface area contributed by atoms with E-state index in [-0.39, 0.29) is 28.3 Å². The average Bonchev–Trinajstić information content (AvgIpc) is 3.33. The van der Waals surface area contributed by atoms with Gasteiger partial charge in [-0.25, -0.2) is 18.7 Å². The van der Waals surface area contributed by atoms with Gasteiger partial charge in [-0.1, -0.05) is 18.2 Å². The third kappa shape index (κ3) is 3.20. The zero-order valence-electron chi connectivity index (χ0n) is 18.7. The van der Waals surface area contributed by atoms with Crippen LogP contribution in [0, 0.1) is 23.5 Å². The lowest BCUT2D eigenvalue weighted by Gasteiger charge is -2.26. The van der Waals surface area contributed by atoms with Crippen molar-refractivity contribution in [3.05, 3.63) is 71.4 Å². The second-order valence-corrected chi connectivity index (χ2v) is 9.23. The van der Waals surface area contributed by atoms with E-state index >= 15 is 0 Å². The van der Waals surface area contributed by atoms with Gasteiger partial charge < -0.3 is 16.4 Å². The van der Waals surface area contributed by atoms with Crippen LogP contribution in [0.15, 0.2) is 48.7 Å². The molecule has 3 atom stereocenters. The maximum absolute atomic E-state index is 14.6. The molecule has 8 nitrogen and oxygen atoms in total. The van der Waals surface area contributed by atoms with E-state index in [1.165, 1.54) is 18.2 Å². The van der Waals surface area contributed by atoms with Crippen molar-refractivity contribution in [1.82, 2.24) is 20.2 Å². The van der Waals surface area contributed by atoms with E-state index in [1.807, 2.05) is 12.1 Å². The van der Waals surface area contributed by atoms with Crippen LogP contribution in [0.1, 0.15) is 22.3 Å². The third-order valence-electron chi connectivity index (χ3n) is 7.64. The molecule has 6 rings (SSSR count). The number of amides is 1. The molecule has 0 radical (unpaired) electrons. The van der Waals surface area contributed by atoms with Crippen LogP contribution in [-0.2, 0) is 5.41 Å². The minimum atomic E-state index is -0.706. The minimum absolute atomic E-state index is 0.0795. The molecule has 0 spiro atoms. The first kappa shape index (κ1) is 21.6. The summed E-state index contributed by atoms with van der Waals surface area (Å²) in [7, 11) is 0. The van der Waals surface area contributed by atoms with Crippen LogP contribution in [-0.4, -0.2) is 45.7 Å². The number of primary amides is 1. The summed E-state index contributed by atoms with van der Waals surface area (Å²) < 4.78 is 29.3. The van der Waals surface area contributed by atoms with Crippen molar-refractivity contribution >= 4 is 22.9 Å². The number of piperidine rings is 1. The lowest BCUT2D eigenvalue weighted by molar-refractivity contribution is 0.1000. The summed E-state index contributed by atoms with van der Waals surface area (Å²) in [6.45, 7) is 1.83. The Balaban J connectivity index is 1.28. The van der Waals surface area contributed by atoms with Gasteiger partial charge in [0.1, 0.15) is 23.0 Å². The van der Waals surface area contributed by atoms with Crippen molar-refractivity contribution in [1.29, 1.82) is 0 Å². The lowest BCUT2D eigenvalue weighted by atomic mass is 9.91. The molecule has 3 heterocycles. The van der Waals surface area contributed by atoms with Crippen LogP contribution in [0.4, 0.5) is 14.6 Å². The summed E-state index contributed by atoms with van der Waals surface area (Å²) >= 11 is 0. The van der Waals surface area contributed by atoms with E-state index in [0.29, 0.717) is 47.2 Å². The number of aromatic nitrogens is 4. The van der Waals surface area contributed by atoms with Gasteiger partial charge in [-0.05, 0) is 48.1 Å². The molecule has 0 unspecified atom stereocenters. The molecule has 5 N–H and O–H groups in total. The Hall–Kier alpha value is -3.92. The second kappa shape index (κ2) is 7.81. The number of nitrogens with zero attached hydrogens (tertiary/aromatic N) is 4. The number of rotatable bonds is 5. The Morgan fingerprint density at radius 3 is 2.74 bits per heavy atom. The number of nitrogens with two attached hydrogens (primary N) is 2. The summed E-state index contributed by atoms with van der Waals surface area (Å²) in [6.07, 6.45) is 2.52. The number of nitrogens with one attached hydrogen (secondary N) is 1. The van der Waals surface area contributed by atoms with Crippen LogP contribution in [0.25, 0.3) is 22.4 Å². The molecule has 2 aliphatic rings. The molecular formula is C25H23F2N7O. The Labute approximate surface area is 199 Å². The number of H-pyrrole nitrogens is 1. The first-order valence-corrected chi connectivity index (χ1v) is 11.4. The van der Waals surface area contributed by atoms with Crippen molar-refractivity contribution in [2.75, 3.05) is 24.5 Å². The Bertz CT molecular complexity index is 1470. The van der Waals surface area contributed by atoms with Gasteiger partial charge in [0.25, 0.3) is 0 Å². The Kier molecular flexibility index (Phi) is 4.82. The molecule has 2 aromatic heterocycles. The molecule has 2 fully saturated rings. The van der Waals surface area contributed by atoms with E-state index in [9.17, 15) is 13.6 Å². The number of aromatic amines is 1. The number of hydrogen-bond donors (Lipinski definition) is 3. The smallest absolute Gasteiger partial charge is 0.248 e. The molecular weight excluding hydrogens is 452 g/mol. The monoisotopic (exact) mass is 475 g/mol. The Morgan fingerprint density at radius 2 is 2.00 bits per heavy atom. The lowest BCUT2D eigenvalue weighted by Crippen LogP contribution is -2.32. The predicted molar refractivity (Wildman–Crippen MR) is 127 cm³/mol. The molecule has 10 heteroatoms. The highest BCUT2D eigenvalue weighted by molar-refractivity contribution is 5.94. The number of benzene rings is 2. The molecule has 1 saturated carbocycles. The van der Waals surface area contributed by atoms with Gasteiger partial charge in [0.05, 0.1) is 11.9 Å². The molecule has 4 aromatic rings. The zero-order valence-corrected chi connectivity index (χ0v) is 18.7. The molecule has 1 amide bonds. The highest BCUT2D eigenvalue weighted by atomic mass is 19.1. The van der Waals surface area contributed by atoms with Crippen LogP contribution >= 0.6 is 0 Å². The normalized spacial score (nSPS) is 23.3. The van der Waals surface area contributed by atoms with Crippen molar-refractivity contribution in [2.24, 2.45) is 23.3 Å². The highest BCUT2D eigenvalue weighted by Gasteiger charge is 2.66. The average molecular weight is 476 g/mol. The van der Waals surface area contributed by atoms with Gasteiger partial charge in [-0.3, -0.25) is 9.89 Å². The number of fused-ring (bicyclic) bond motifs is 2. The van der Waals surface area contributed by atoms with Gasteiger partial charge in [0.2, 0.25) is 11.6 Å². The fraction of sp³-hybridized carbons (Fsp3) is 0.280. The summed E-state index contributed by atoms with van der Waals surface area (Å²) in [5.41, 5.74) is 13.2. The summed E-state index contributed by atoms with van der Waals surface area (Å²) in [6, 6.07) is 10.9. The van der Waals surface area contributed by atoms with E-state index in [1.54, 1.807) is 12.3 Å². The second-order valence-electron chi connectivity index (χ2n) is 9.23. The van der Waals surface area contributed by atoms with Crippen molar-refractivity contribution in [3.63, 3.8) is 0 Å². The van der Waals surface area contributed by atoms with Crippen molar-refractivity contribution in [3.8, 4) is 11.3 Å². The van der Waals surface area contributed by atoms with Gasteiger partial charge in [0.15, 0.2) is 0 Å². The molecule has 35 heavy (non-hydrogen) atoms. The van der Waals surface area contributed by atoms with Gasteiger partial charge in [-0.2, -0.15) is 5.10 Å². The first-order chi connectivity index (χ1) is 16.9. The standard InChI is InChI=1S/C25H23F2N7O/c26-18-4-2-1-3-16(18)25(12-28)15-7-8-34(11-17(15)25)20-10-30-22-21(32-33-24(22)31-20)14-6-5-13(23(29)35)9-19(14)27/h1-6,9-10,15,17H,7-8,11-12,28H2,(H2,29,35)(H,31,32,33)/t15-,17+,25-/m1/s1. The van der Waals surface area contributed by atoms with Crippen molar-refractivity contribution < 1.29 is 13.6 Å². The molecule has 2 aromatic carbocycles. The van der Waals surface area contributed by atoms with E-state index in [0.717, 1.165) is 19.0 Å². The molecule has 1 saturated heterocycles. The number of carbonyl (C=O) groups excluding carboxylic acids is 1. The molecule has 178 valence electrons.